The second-order valence-electron chi connectivity index (χ2n) is 9.02. The van der Waals surface area contributed by atoms with E-state index in [-0.39, 0.29) is 18.6 Å². The fraction of sp³-hybridized carbons (Fsp3) is 0.308. The van der Waals surface area contributed by atoms with Crippen LogP contribution in [0.15, 0.2) is 66.9 Å². The Balaban J connectivity index is 1.26. The molecule has 1 fully saturated rings. The zero-order valence-corrected chi connectivity index (χ0v) is 17.6. The number of nitrogens with zero attached hydrogens (tertiary/aromatic N) is 2. The number of rotatable bonds is 3. The molecular weight excluding hydrogens is 404 g/mol. The maximum atomic E-state index is 13.3. The van der Waals surface area contributed by atoms with Crippen LogP contribution in [0.25, 0.3) is 11.1 Å². The second-order valence-corrected chi connectivity index (χ2v) is 9.02. The van der Waals surface area contributed by atoms with Crippen molar-refractivity contribution in [2.75, 3.05) is 13.2 Å². The smallest absolute Gasteiger partial charge is 0.410 e. The van der Waals surface area contributed by atoms with Gasteiger partial charge in [0.2, 0.25) is 0 Å². The van der Waals surface area contributed by atoms with Crippen LogP contribution in [0.5, 0.6) is 0 Å². The van der Waals surface area contributed by atoms with Gasteiger partial charge in [-0.15, -0.1) is 0 Å². The third-order valence-electron chi connectivity index (χ3n) is 7.46. The van der Waals surface area contributed by atoms with Crippen LogP contribution in [0.3, 0.4) is 0 Å². The summed E-state index contributed by atoms with van der Waals surface area (Å²) in [6, 6.07) is 20.5. The zero-order valence-electron chi connectivity index (χ0n) is 17.6. The summed E-state index contributed by atoms with van der Waals surface area (Å²) in [4.78, 5) is 26.6. The molecule has 1 N–H and O–H groups in total. The van der Waals surface area contributed by atoms with Crippen LogP contribution in [0.4, 0.5) is 4.79 Å². The van der Waals surface area contributed by atoms with Gasteiger partial charge >= 0.3 is 12.1 Å². The predicted molar refractivity (Wildman–Crippen MR) is 118 cm³/mol. The molecule has 1 saturated carbocycles. The predicted octanol–water partition coefficient (Wildman–Crippen LogP) is 4.44. The molecule has 6 nitrogen and oxygen atoms in total. The van der Waals surface area contributed by atoms with Gasteiger partial charge in [-0.2, -0.15) is 0 Å². The summed E-state index contributed by atoms with van der Waals surface area (Å²) >= 11 is 0. The van der Waals surface area contributed by atoms with E-state index in [1.54, 1.807) is 4.90 Å². The van der Waals surface area contributed by atoms with Gasteiger partial charge in [-0.25, -0.2) is 4.79 Å². The molecule has 1 aliphatic heterocycles. The summed E-state index contributed by atoms with van der Waals surface area (Å²) in [5, 5.41) is 9.46. The average molecular weight is 428 g/mol. The van der Waals surface area contributed by atoms with Crippen molar-refractivity contribution in [1.82, 2.24) is 9.47 Å². The van der Waals surface area contributed by atoms with Crippen molar-refractivity contribution in [3.8, 4) is 11.1 Å². The summed E-state index contributed by atoms with van der Waals surface area (Å²) in [7, 11) is 0. The Hall–Kier alpha value is -3.54. The van der Waals surface area contributed by atoms with E-state index in [2.05, 4.69) is 28.8 Å². The Morgan fingerprint density at radius 3 is 2.25 bits per heavy atom. The lowest BCUT2D eigenvalue weighted by Crippen LogP contribution is -2.62. The Labute approximate surface area is 186 Å². The van der Waals surface area contributed by atoms with Gasteiger partial charge in [0.15, 0.2) is 0 Å². The fourth-order valence-corrected chi connectivity index (χ4v) is 5.89. The highest BCUT2D eigenvalue weighted by Crippen LogP contribution is 2.52. The standard InChI is InChI=1S/C26H24N2O4/c29-24(30)17-14-26(15-17)23-10-5-11-27(23)12-13-28(26)25(31)32-16-22-20-8-3-1-6-18(20)19-7-2-4-9-21(19)22/h1-11,17,22H,12-16H2,(H,29,30). The first-order valence-corrected chi connectivity index (χ1v) is 11.1. The number of fused-ring (bicyclic) bond motifs is 5. The minimum atomic E-state index is -0.799. The number of ether oxygens (including phenoxy) is 1. The van der Waals surface area contributed by atoms with E-state index in [4.69, 9.17) is 4.74 Å². The molecule has 6 heteroatoms. The minimum absolute atomic E-state index is 0.00381. The lowest BCUT2D eigenvalue weighted by atomic mass is 9.64. The Morgan fingerprint density at radius 1 is 0.938 bits per heavy atom. The van der Waals surface area contributed by atoms with Crippen LogP contribution in [0, 0.1) is 5.92 Å². The molecule has 1 aromatic heterocycles. The van der Waals surface area contributed by atoms with Crippen molar-refractivity contribution in [1.29, 1.82) is 0 Å². The monoisotopic (exact) mass is 428 g/mol. The van der Waals surface area contributed by atoms with Crippen molar-refractivity contribution in [2.24, 2.45) is 5.92 Å². The first-order chi connectivity index (χ1) is 15.6. The van der Waals surface area contributed by atoms with Crippen LogP contribution in [-0.2, 0) is 21.6 Å². The first kappa shape index (κ1) is 19.2. The van der Waals surface area contributed by atoms with Gasteiger partial charge in [-0.1, -0.05) is 48.5 Å². The molecule has 0 unspecified atom stereocenters. The molecule has 2 heterocycles. The van der Waals surface area contributed by atoms with E-state index in [1.165, 1.54) is 22.3 Å². The normalized spacial score (nSPS) is 23.2. The lowest BCUT2D eigenvalue weighted by molar-refractivity contribution is -0.153. The topological polar surface area (TPSA) is 71.8 Å². The zero-order chi connectivity index (χ0) is 21.9. The summed E-state index contributed by atoms with van der Waals surface area (Å²) in [5.74, 6) is -1.23. The van der Waals surface area contributed by atoms with Gasteiger partial charge in [-0.05, 0) is 47.2 Å². The number of hydrogen-bond acceptors (Lipinski definition) is 3. The molecule has 162 valence electrons. The minimum Gasteiger partial charge on any atom is -0.481 e. The van der Waals surface area contributed by atoms with Crippen molar-refractivity contribution < 1.29 is 19.4 Å². The molecule has 1 spiro atoms. The SMILES string of the molecule is O=C(O)C1CC2(C1)c1cccn1CCN2C(=O)OCC1c2ccccc2-c2ccccc21. The van der Waals surface area contributed by atoms with E-state index in [1.807, 2.05) is 42.6 Å². The van der Waals surface area contributed by atoms with Crippen LogP contribution < -0.4 is 0 Å². The lowest BCUT2D eigenvalue weighted by Gasteiger charge is -2.54. The Bertz CT molecular complexity index is 1180. The third-order valence-corrected chi connectivity index (χ3v) is 7.46. The van der Waals surface area contributed by atoms with E-state index in [0.29, 0.717) is 25.9 Å². The number of aromatic nitrogens is 1. The van der Waals surface area contributed by atoms with Crippen molar-refractivity contribution in [3.05, 3.63) is 83.7 Å². The van der Waals surface area contributed by atoms with Gasteiger partial charge in [0.1, 0.15) is 6.61 Å². The Morgan fingerprint density at radius 2 is 1.59 bits per heavy atom. The number of amides is 1. The summed E-state index contributed by atoms with van der Waals surface area (Å²) in [6.07, 6.45) is 2.50. The molecule has 2 aliphatic carbocycles. The second kappa shape index (κ2) is 6.99. The largest absolute Gasteiger partial charge is 0.481 e. The number of carboxylic acids is 1. The van der Waals surface area contributed by atoms with Crippen LogP contribution >= 0.6 is 0 Å². The highest BCUT2D eigenvalue weighted by molar-refractivity contribution is 5.79. The molecule has 32 heavy (non-hydrogen) atoms. The van der Waals surface area contributed by atoms with Crippen molar-refractivity contribution >= 4 is 12.1 Å². The van der Waals surface area contributed by atoms with Gasteiger partial charge in [0.05, 0.1) is 11.5 Å². The van der Waals surface area contributed by atoms with Crippen molar-refractivity contribution in [3.63, 3.8) is 0 Å². The molecule has 2 aromatic carbocycles. The summed E-state index contributed by atoms with van der Waals surface area (Å²) in [5.41, 5.74) is 5.17. The number of carbonyl (C=O) groups is 2. The van der Waals surface area contributed by atoms with Gasteiger partial charge < -0.3 is 14.4 Å². The van der Waals surface area contributed by atoms with Crippen molar-refractivity contribution in [2.45, 2.75) is 30.8 Å². The fourth-order valence-electron chi connectivity index (χ4n) is 5.89. The van der Waals surface area contributed by atoms with E-state index >= 15 is 0 Å². The maximum Gasteiger partial charge on any atom is 0.410 e. The molecular formula is C26H24N2O4. The summed E-state index contributed by atoms with van der Waals surface area (Å²) in [6.45, 7) is 1.47. The summed E-state index contributed by atoms with van der Waals surface area (Å²) < 4.78 is 8.06. The van der Waals surface area contributed by atoms with Gasteiger partial charge in [-0.3, -0.25) is 9.69 Å². The molecule has 3 aliphatic rings. The van der Waals surface area contributed by atoms with Crippen LogP contribution in [-0.4, -0.2) is 39.8 Å². The maximum absolute atomic E-state index is 13.3. The number of carboxylic acid groups (broad SMARTS) is 1. The molecule has 0 atom stereocenters. The van der Waals surface area contributed by atoms with E-state index < -0.39 is 17.4 Å². The van der Waals surface area contributed by atoms with Crippen LogP contribution in [0.2, 0.25) is 0 Å². The molecule has 3 aromatic rings. The first-order valence-electron chi connectivity index (χ1n) is 11.1. The Kier molecular flexibility index (Phi) is 4.18. The molecule has 6 rings (SSSR count). The number of hydrogen-bond donors (Lipinski definition) is 1. The highest BCUT2D eigenvalue weighted by atomic mass is 16.6. The molecule has 1 amide bonds. The average Bonchev–Trinajstić information content (AvgIpc) is 3.38. The molecule has 0 bridgehead atoms. The molecule has 0 radical (unpaired) electrons. The third kappa shape index (κ3) is 2.65. The van der Waals surface area contributed by atoms with Gasteiger partial charge in [0, 0.05) is 30.9 Å². The quantitative estimate of drug-likeness (QED) is 0.669. The van der Waals surface area contributed by atoms with Gasteiger partial charge in [0.25, 0.3) is 0 Å². The number of benzene rings is 2. The van der Waals surface area contributed by atoms with E-state index in [0.717, 1.165) is 5.69 Å². The molecule has 0 saturated heterocycles. The highest BCUT2D eigenvalue weighted by Gasteiger charge is 2.57. The number of carbonyl (C=O) groups excluding carboxylic acids is 1. The van der Waals surface area contributed by atoms with E-state index in [9.17, 15) is 14.7 Å². The van der Waals surface area contributed by atoms with Crippen LogP contribution in [0.1, 0.15) is 35.6 Å². The number of aliphatic carboxylic acids is 1.